The number of aryl methyl sites for hydroxylation is 1. The number of nitrogens with one attached hydrogen (secondary N) is 1. The molecule has 1 aromatic carbocycles. The molecule has 0 spiro atoms. The van der Waals surface area contributed by atoms with Crippen LogP contribution in [0.15, 0.2) is 41.1 Å². The molecule has 0 aliphatic carbocycles. The third-order valence-corrected chi connectivity index (χ3v) is 5.03. The molecule has 0 aliphatic rings. The van der Waals surface area contributed by atoms with Crippen molar-refractivity contribution in [3.05, 3.63) is 68.7 Å². The summed E-state index contributed by atoms with van der Waals surface area (Å²) in [6.07, 6.45) is 3.59. The summed E-state index contributed by atoms with van der Waals surface area (Å²) in [5.41, 5.74) is 3.45. The van der Waals surface area contributed by atoms with Gasteiger partial charge in [-0.3, -0.25) is 14.2 Å². The topological polar surface area (TPSA) is 64.7 Å². The minimum atomic E-state index is -0.100. The maximum atomic E-state index is 12.2. The average Bonchev–Trinajstić information content (AvgIpc) is 3.14. The van der Waals surface area contributed by atoms with Gasteiger partial charge in [0.2, 0.25) is 0 Å². The fraction of sp³-hybridized carbons (Fsp3) is 0.278. The molecule has 2 aromatic heterocycles. The summed E-state index contributed by atoms with van der Waals surface area (Å²) in [4.78, 5) is 12.2. The van der Waals surface area contributed by atoms with Gasteiger partial charge in [0.05, 0.1) is 40.2 Å². The molecule has 0 bridgehead atoms. The zero-order valence-electron chi connectivity index (χ0n) is 14.5. The van der Waals surface area contributed by atoms with Gasteiger partial charge in [-0.2, -0.15) is 10.2 Å². The van der Waals surface area contributed by atoms with Crippen molar-refractivity contribution in [2.24, 2.45) is 0 Å². The van der Waals surface area contributed by atoms with Crippen molar-refractivity contribution in [3.8, 4) is 0 Å². The number of amides is 1. The molecule has 0 radical (unpaired) electrons. The number of nitrogens with zero attached hydrogens (tertiary/aromatic N) is 4. The zero-order chi connectivity index (χ0) is 18.7. The first kappa shape index (κ1) is 18.7. The quantitative estimate of drug-likeness (QED) is 0.642. The number of aromatic nitrogens is 4. The largest absolute Gasteiger partial charge is 0.350 e. The van der Waals surface area contributed by atoms with Crippen molar-refractivity contribution in [1.82, 2.24) is 24.9 Å². The highest BCUT2D eigenvalue weighted by molar-refractivity contribution is 9.10. The number of rotatable bonds is 6. The molecule has 0 saturated carbocycles. The first-order valence-electron chi connectivity index (χ1n) is 8.18. The highest BCUT2D eigenvalue weighted by Crippen LogP contribution is 2.20. The highest BCUT2D eigenvalue weighted by atomic mass is 79.9. The van der Waals surface area contributed by atoms with Crippen LogP contribution < -0.4 is 5.32 Å². The summed E-state index contributed by atoms with van der Waals surface area (Å²) in [5, 5.41) is 12.2. The summed E-state index contributed by atoms with van der Waals surface area (Å²) < 4.78 is 4.56. The van der Waals surface area contributed by atoms with Gasteiger partial charge in [-0.1, -0.05) is 23.7 Å². The van der Waals surface area contributed by atoms with E-state index in [1.807, 2.05) is 49.0 Å². The molecule has 0 saturated heterocycles. The molecule has 3 aromatic rings. The number of hydrogen-bond donors (Lipinski definition) is 1. The maximum absolute atomic E-state index is 12.2. The van der Waals surface area contributed by atoms with Crippen molar-refractivity contribution < 1.29 is 4.79 Å². The van der Waals surface area contributed by atoms with Gasteiger partial charge in [0, 0.05) is 18.3 Å². The lowest BCUT2D eigenvalue weighted by molar-refractivity contribution is 0.0952. The Kier molecular flexibility index (Phi) is 5.78. The lowest BCUT2D eigenvalue weighted by Gasteiger charge is -2.08. The summed E-state index contributed by atoms with van der Waals surface area (Å²) >= 11 is 9.53. The molecule has 0 fully saturated rings. The van der Waals surface area contributed by atoms with Crippen LogP contribution in [0.2, 0.25) is 5.02 Å². The van der Waals surface area contributed by atoms with Crippen LogP contribution in [-0.4, -0.2) is 32.0 Å². The predicted octanol–water partition coefficient (Wildman–Crippen LogP) is 3.59. The van der Waals surface area contributed by atoms with E-state index < -0.39 is 0 Å². The number of carbonyl (C=O) groups excluding carboxylic acids is 1. The van der Waals surface area contributed by atoms with Gasteiger partial charge in [-0.05, 0) is 47.5 Å². The van der Waals surface area contributed by atoms with E-state index in [0.717, 1.165) is 21.4 Å². The number of carbonyl (C=O) groups is 1. The molecule has 0 atom stereocenters. The molecule has 8 heteroatoms. The van der Waals surface area contributed by atoms with E-state index in [2.05, 4.69) is 31.4 Å². The fourth-order valence-corrected chi connectivity index (χ4v) is 3.07. The summed E-state index contributed by atoms with van der Waals surface area (Å²) in [7, 11) is 0. The van der Waals surface area contributed by atoms with Crippen LogP contribution in [0.3, 0.4) is 0 Å². The van der Waals surface area contributed by atoms with Gasteiger partial charge < -0.3 is 5.32 Å². The van der Waals surface area contributed by atoms with Gasteiger partial charge in [-0.25, -0.2) is 0 Å². The Morgan fingerprint density at radius 1 is 1.27 bits per heavy atom. The number of hydrogen-bond acceptors (Lipinski definition) is 3. The molecule has 3 rings (SSSR count). The third kappa shape index (κ3) is 4.34. The van der Waals surface area contributed by atoms with Crippen LogP contribution in [0, 0.1) is 13.8 Å². The Hall–Kier alpha value is -2.12. The molecular formula is C18H19BrClN5O. The Morgan fingerprint density at radius 2 is 2.00 bits per heavy atom. The van der Waals surface area contributed by atoms with E-state index in [0.29, 0.717) is 30.2 Å². The molecule has 26 heavy (non-hydrogen) atoms. The number of benzene rings is 1. The molecule has 136 valence electrons. The molecule has 0 unspecified atom stereocenters. The minimum Gasteiger partial charge on any atom is -0.350 e. The van der Waals surface area contributed by atoms with Crippen molar-refractivity contribution in [3.63, 3.8) is 0 Å². The summed E-state index contributed by atoms with van der Waals surface area (Å²) in [5.74, 6) is -0.100. The summed E-state index contributed by atoms with van der Waals surface area (Å²) in [6, 6.07) is 7.51. The smallest absolute Gasteiger partial charge is 0.251 e. The second kappa shape index (κ2) is 8.05. The van der Waals surface area contributed by atoms with Crippen molar-refractivity contribution in [2.75, 3.05) is 6.54 Å². The van der Waals surface area contributed by atoms with Crippen LogP contribution in [0.4, 0.5) is 0 Å². The minimum absolute atomic E-state index is 0.100. The van der Waals surface area contributed by atoms with Crippen molar-refractivity contribution in [1.29, 1.82) is 0 Å². The van der Waals surface area contributed by atoms with Crippen LogP contribution in [0.5, 0.6) is 0 Å². The third-order valence-electron chi connectivity index (χ3n) is 4.07. The Bertz CT molecular complexity index is 916. The standard InChI is InChI=1S/C18H19BrClN5O/c1-12-17(20)13(2)25(23-12)10-14-3-5-15(6-4-14)18(26)21-7-8-24-11-16(19)9-22-24/h3-6,9,11H,7-8,10H2,1-2H3,(H,21,26). The Labute approximate surface area is 165 Å². The van der Waals surface area contributed by atoms with E-state index in [9.17, 15) is 4.79 Å². The van der Waals surface area contributed by atoms with Gasteiger partial charge in [0.25, 0.3) is 5.91 Å². The van der Waals surface area contributed by atoms with Gasteiger partial charge in [0.1, 0.15) is 0 Å². The molecular weight excluding hydrogens is 418 g/mol. The summed E-state index contributed by atoms with van der Waals surface area (Å²) in [6.45, 7) is 5.59. The lowest BCUT2D eigenvalue weighted by atomic mass is 10.1. The van der Waals surface area contributed by atoms with Crippen LogP contribution in [0.1, 0.15) is 27.3 Å². The zero-order valence-corrected chi connectivity index (χ0v) is 16.9. The first-order chi connectivity index (χ1) is 12.4. The molecule has 2 heterocycles. The number of halogens is 2. The van der Waals surface area contributed by atoms with Gasteiger partial charge in [-0.15, -0.1) is 0 Å². The van der Waals surface area contributed by atoms with Crippen LogP contribution in [0.25, 0.3) is 0 Å². The van der Waals surface area contributed by atoms with E-state index in [1.54, 1.807) is 10.9 Å². The van der Waals surface area contributed by atoms with Gasteiger partial charge in [0.15, 0.2) is 0 Å². The van der Waals surface area contributed by atoms with E-state index in [4.69, 9.17) is 11.6 Å². The normalized spacial score (nSPS) is 10.9. The highest BCUT2D eigenvalue weighted by Gasteiger charge is 2.10. The van der Waals surface area contributed by atoms with E-state index in [-0.39, 0.29) is 5.91 Å². The second-order valence-electron chi connectivity index (χ2n) is 6.02. The lowest BCUT2D eigenvalue weighted by Crippen LogP contribution is -2.27. The van der Waals surface area contributed by atoms with Gasteiger partial charge >= 0.3 is 0 Å². The average molecular weight is 437 g/mol. The van der Waals surface area contributed by atoms with E-state index >= 15 is 0 Å². The van der Waals surface area contributed by atoms with E-state index in [1.165, 1.54) is 0 Å². The second-order valence-corrected chi connectivity index (χ2v) is 7.31. The first-order valence-corrected chi connectivity index (χ1v) is 9.35. The Balaban J connectivity index is 1.56. The molecule has 1 amide bonds. The van der Waals surface area contributed by atoms with Crippen LogP contribution >= 0.6 is 27.5 Å². The Morgan fingerprint density at radius 3 is 2.58 bits per heavy atom. The van der Waals surface area contributed by atoms with Crippen molar-refractivity contribution in [2.45, 2.75) is 26.9 Å². The van der Waals surface area contributed by atoms with Crippen molar-refractivity contribution >= 4 is 33.4 Å². The predicted molar refractivity (Wildman–Crippen MR) is 105 cm³/mol. The molecule has 6 nitrogen and oxygen atoms in total. The maximum Gasteiger partial charge on any atom is 0.251 e. The van der Waals surface area contributed by atoms with Crippen LogP contribution in [-0.2, 0) is 13.1 Å². The monoisotopic (exact) mass is 435 g/mol. The molecule has 0 aliphatic heterocycles. The SMILES string of the molecule is Cc1nn(Cc2ccc(C(=O)NCCn3cc(Br)cn3)cc2)c(C)c1Cl. The molecule has 1 N–H and O–H groups in total. The fourth-order valence-electron chi connectivity index (χ4n) is 2.61.